The average Bonchev–Trinajstić information content (AvgIpc) is 2.97. The van der Waals surface area contributed by atoms with Crippen molar-refractivity contribution in [2.45, 2.75) is 6.42 Å². The maximum atomic E-state index is 11.2. The Kier molecular flexibility index (Phi) is 3.45. The SMILES string of the molecule is CNCCc1nc(-c2ccc3[nH]c(=O)oc3c2)c(Br)[nH]1. The van der Waals surface area contributed by atoms with Crippen LogP contribution in [0.1, 0.15) is 5.82 Å². The minimum absolute atomic E-state index is 0.451. The molecule has 0 radical (unpaired) electrons. The first-order valence-electron chi connectivity index (χ1n) is 6.19. The molecule has 0 spiro atoms. The van der Waals surface area contributed by atoms with Crippen molar-refractivity contribution in [1.29, 1.82) is 0 Å². The number of aromatic amines is 2. The van der Waals surface area contributed by atoms with Crippen LogP contribution in [0.4, 0.5) is 0 Å². The molecule has 0 aliphatic heterocycles. The molecule has 3 N–H and O–H groups in total. The van der Waals surface area contributed by atoms with Gasteiger partial charge in [0.2, 0.25) is 0 Å². The zero-order valence-electron chi connectivity index (χ0n) is 10.8. The van der Waals surface area contributed by atoms with Gasteiger partial charge in [0.05, 0.1) is 5.52 Å². The lowest BCUT2D eigenvalue weighted by molar-refractivity contribution is 0.555. The predicted molar refractivity (Wildman–Crippen MR) is 79.7 cm³/mol. The lowest BCUT2D eigenvalue weighted by Crippen LogP contribution is -2.11. The summed E-state index contributed by atoms with van der Waals surface area (Å²) >= 11 is 3.48. The lowest BCUT2D eigenvalue weighted by atomic mass is 10.1. The van der Waals surface area contributed by atoms with Gasteiger partial charge < -0.3 is 14.7 Å². The van der Waals surface area contributed by atoms with Crippen molar-refractivity contribution in [3.8, 4) is 11.3 Å². The highest BCUT2D eigenvalue weighted by Crippen LogP contribution is 2.28. The van der Waals surface area contributed by atoms with Gasteiger partial charge in [-0.15, -0.1) is 0 Å². The normalized spacial score (nSPS) is 11.3. The van der Waals surface area contributed by atoms with Crippen LogP contribution in [0.2, 0.25) is 0 Å². The van der Waals surface area contributed by atoms with Gasteiger partial charge in [-0.2, -0.15) is 0 Å². The van der Waals surface area contributed by atoms with E-state index in [1.807, 2.05) is 19.2 Å². The number of aromatic nitrogens is 3. The van der Waals surface area contributed by atoms with Crippen LogP contribution < -0.4 is 11.1 Å². The summed E-state index contributed by atoms with van der Waals surface area (Å²) in [6, 6.07) is 5.51. The van der Waals surface area contributed by atoms with E-state index >= 15 is 0 Å². The summed E-state index contributed by atoms with van der Waals surface area (Å²) in [4.78, 5) is 21.5. The monoisotopic (exact) mass is 336 g/mol. The first-order valence-corrected chi connectivity index (χ1v) is 6.99. The summed E-state index contributed by atoms with van der Waals surface area (Å²) in [5.74, 6) is 0.449. The zero-order valence-corrected chi connectivity index (χ0v) is 12.4. The van der Waals surface area contributed by atoms with Crippen LogP contribution in [0, 0.1) is 0 Å². The molecule has 2 heterocycles. The smallest absolute Gasteiger partial charge is 0.408 e. The van der Waals surface area contributed by atoms with E-state index in [1.54, 1.807) is 6.07 Å². The molecule has 0 saturated heterocycles. The molecule has 2 aromatic heterocycles. The molecule has 104 valence electrons. The maximum absolute atomic E-state index is 11.2. The number of oxazole rings is 1. The Morgan fingerprint density at radius 1 is 1.40 bits per heavy atom. The van der Waals surface area contributed by atoms with E-state index in [-0.39, 0.29) is 0 Å². The van der Waals surface area contributed by atoms with Crippen LogP contribution in [0.15, 0.2) is 32.0 Å². The van der Waals surface area contributed by atoms with E-state index in [1.165, 1.54) is 0 Å². The van der Waals surface area contributed by atoms with Crippen molar-refractivity contribution in [2.24, 2.45) is 0 Å². The molecule has 0 atom stereocenters. The Balaban J connectivity index is 2.01. The third kappa shape index (κ3) is 2.41. The molecule has 3 aromatic rings. The highest BCUT2D eigenvalue weighted by atomic mass is 79.9. The largest absolute Gasteiger partial charge is 0.417 e. The minimum Gasteiger partial charge on any atom is -0.408 e. The molecular formula is C13H13BrN4O2. The minimum atomic E-state index is -0.451. The van der Waals surface area contributed by atoms with Crippen molar-refractivity contribution in [1.82, 2.24) is 20.3 Å². The van der Waals surface area contributed by atoms with Crippen LogP contribution >= 0.6 is 15.9 Å². The number of likely N-dealkylation sites (N-methyl/N-ethyl adjacent to an activating group) is 1. The maximum Gasteiger partial charge on any atom is 0.417 e. The van der Waals surface area contributed by atoms with Gasteiger partial charge in [0.15, 0.2) is 5.58 Å². The third-order valence-electron chi connectivity index (χ3n) is 3.01. The van der Waals surface area contributed by atoms with Crippen molar-refractivity contribution in [2.75, 3.05) is 13.6 Å². The number of benzene rings is 1. The Labute approximate surface area is 122 Å². The molecule has 0 fully saturated rings. The fourth-order valence-electron chi connectivity index (χ4n) is 2.04. The van der Waals surface area contributed by atoms with Crippen molar-refractivity contribution >= 4 is 27.0 Å². The number of nitrogens with zero attached hydrogens (tertiary/aromatic N) is 1. The second kappa shape index (κ2) is 5.26. The standard InChI is InChI=1S/C13H13BrN4O2/c1-15-5-4-10-17-11(12(14)18-10)7-2-3-8-9(6-7)20-13(19)16-8/h2-3,6,15H,4-5H2,1H3,(H,16,19)(H,17,18). The molecule has 0 aliphatic carbocycles. The lowest BCUT2D eigenvalue weighted by Gasteiger charge is -1.97. The van der Waals surface area contributed by atoms with Gasteiger partial charge in [0, 0.05) is 18.5 Å². The molecular weight excluding hydrogens is 324 g/mol. The van der Waals surface area contributed by atoms with Gasteiger partial charge in [0.25, 0.3) is 0 Å². The Hall–Kier alpha value is -1.86. The van der Waals surface area contributed by atoms with Crippen LogP contribution in [0.25, 0.3) is 22.4 Å². The van der Waals surface area contributed by atoms with E-state index in [4.69, 9.17) is 4.42 Å². The molecule has 3 rings (SSSR count). The molecule has 1 aromatic carbocycles. The summed E-state index contributed by atoms with van der Waals surface area (Å²) in [6.45, 7) is 0.852. The van der Waals surface area contributed by atoms with Gasteiger partial charge >= 0.3 is 5.76 Å². The van der Waals surface area contributed by atoms with Gasteiger partial charge in [-0.1, -0.05) is 6.07 Å². The first kappa shape index (κ1) is 13.1. The molecule has 0 aliphatic rings. The number of nitrogens with one attached hydrogen (secondary N) is 3. The molecule has 0 unspecified atom stereocenters. The van der Waals surface area contributed by atoms with Gasteiger partial charge in [-0.25, -0.2) is 9.78 Å². The topological polar surface area (TPSA) is 86.7 Å². The summed E-state index contributed by atoms with van der Waals surface area (Å²) < 4.78 is 5.89. The van der Waals surface area contributed by atoms with Crippen molar-refractivity contribution in [3.05, 3.63) is 39.2 Å². The fourth-order valence-corrected chi connectivity index (χ4v) is 2.59. The second-order valence-electron chi connectivity index (χ2n) is 4.43. The van der Waals surface area contributed by atoms with Gasteiger partial charge in [-0.05, 0) is 35.1 Å². The van der Waals surface area contributed by atoms with Crippen LogP contribution in [-0.4, -0.2) is 28.5 Å². The van der Waals surface area contributed by atoms with Crippen molar-refractivity contribution in [3.63, 3.8) is 0 Å². The van der Waals surface area contributed by atoms with E-state index in [0.717, 1.165) is 34.7 Å². The molecule has 20 heavy (non-hydrogen) atoms. The Bertz CT molecular complexity index is 802. The highest BCUT2D eigenvalue weighted by Gasteiger charge is 2.12. The average molecular weight is 337 g/mol. The number of fused-ring (bicyclic) bond motifs is 1. The van der Waals surface area contributed by atoms with E-state index in [9.17, 15) is 4.79 Å². The fraction of sp³-hybridized carbons (Fsp3) is 0.231. The van der Waals surface area contributed by atoms with E-state index in [0.29, 0.717) is 11.1 Å². The molecule has 6 nitrogen and oxygen atoms in total. The van der Waals surface area contributed by atoms with E-state index in [2.05, 4.69) is 36.2 Å². The number of imidazole rings is 1. The van der Waals surface area contributed by atoms with E-state index < -0.39 is 5.76 Å². The quantitative estimate of drug-likeness (QED) is 0.680. The Morgan fingerprint density at radius 2 is 2.25 bits per heavy atom. The molecule has 7 heteroatoms. The molecule has 0 amide bonds. The van der Waals surface area contributed by atoms with Crippen molar-refractivity contribution < 1.29 is 4.42 Å². The number of halogens is 1. The summed E-state index contributed by atoms with van der Waals surface area (Å²) in [6.07, 6.45) is 0.816. The summed E-state index contributed by atoms with van der Waals surface area (Å²) in [5.41, 5.74) is 2.90. The van der Waals surface area contributed by atoms with Gasteiger partial charge in [0.1, 0.15) is 16.1 Å². The molecule has 0 saturated carbocycles. The molecule has 0 bridgehead atoms. The second-order valence-corrected chi connectivity index (χ2v) is 5.22. The van der Waals surface area contributed by atoms with Crippen LogP contribution in [0.3, 0.4) is 0 Å². The summed E-state index contributed by atoms with van der Waals surface area (Å²) in [7, 11) is 1.90. The predicted octanol–water partition coefficient (Wildman–Crippen LogP) is 2.04. The number of rotatable bonds is 4. The number of hydrogen-bond acceptors (Lipinski definition) is 4. The Morgan fingerprint density at radius 3 is 3.05 bits per heavy atom. The third-order valence-corrected chi connectivity index (χ3v) is 3.59. The zero-order chi connectivity index (χ0) is 14.1. The van der Waals surface area contributed by atoms with Crippen LogP contribution in [0.5, 0.6) is 0 Å². The highest BCUT2D eigenvalue weighted by molar-refractivity contribution is 9.10. The number of H-pyrrole nitrogens is 2. The van der Waals surface area contributed by atoms with Gasteiger partial charge in [-0.3, -0.25) is 4.98 Å². The first-order chi connectivity index (χ1) is 9.67. The summed E-state index contributed by atoms with van der Waals surface area (Å²) in [5, 5.41) is 3.08. The number of hydrogen-bond donors (Lipinski definition) is 3. The van der Waals surface area contributed by atoms with Crippen LogP contribution in [-0.2, 0) is 6.42 Å².